The molecule has 0 amide bonds. The number of aromatic nitrogens is 3. The van der Waals surface area contributed by atoms with Crippen LogP contribution in [0.1, 0.15) is 16.8 Å². The van der Waals surface area contributed by atoms with Gasteiger partial charge >= 0.3 is 0 Å². The molecule has 0 saturated carbocycles. The largest absolute Gasteiger partial charge is 0.481 e. The van der Waals surface area contributed by atoms with Gasteiger partial charge in [0.1, 0.15) is 11.1 Å². The van der Waals surface area contributed by atoms with Crippen molar-refractivity contribution >= 4 is 17.3 Å². The third-order valence-corrected chi connectivity index (χ3v) is 3.97. The maximum Gasteiger partial charge on any atom is 0.229 e. The van der Waals surface area contributed by atoms with E-state index < -0.39 is 0 Å². The van der Waals surface area contributed by atoms with Crippen molar-refractivity contribution < 1.29 is 9.47 Å². The van der Waals surface area contributed by atoms with Gasteiger partial charge in [0, 0.05) is 29.9 Å². The molecule has 3 heterocycles. The molecule has 1 atom stereocenters. The molecule has 2 aromatic heterocycles. The van der Waals surface area contributed by atoms with Crippen molar-refractivity contribution in [1.82, 2.24) is 15.0 Å². The minimum atomic E-state index is -0.0149. The summed E-state index contributed by atoms with van der Waals surface area (Å²) in [6, 6.07) is 1.82. The lowest BCUT2D eigenvalue weighted by Gasteiger charge is -2.32. The summed E-state index contributed by atoms with van der Waals surface area (Å²) in [7, 11) is 1.61. The molecule has 0 N–H and O–H groups in total. The monoisotopic (exact) mass is 292 g/mol. The van der Waals surface area contributed by atoms with Gasteiger partial charge in [-0.25, -0.2) is 9.97 Å². The Bertz CT molecular complexity index is 576. The predicted molar refractivity (Wildman–Crippen MR) is 76.3 cm³/mol. The zero-order valence-corrected chi connectivity index (χ0v) is 12.3. The van der Waals surface area contributed by atoms with E-state index in [9.17, 15) is 0 Å². The Hall–Kier alpha value is -1.73. The van der Waals surface area contributed by atoms with Crippen molar-refractivity contribution in [3.05, 3.63) is 28.3 Å². The Kier molecular flexibility index (Phi) is 3.79. The summed E-state index contributed by atoms with van der Waals surface area (Å²) in [6.07, 6.45) is 1.79. The Morgan fingerprint density at radius 1 is 1.45 bits per heavy atom. The molecule has 0 unspecified atom stereocenters. The molecule has 2 aromatic rings. The minimum Gasteiger partial charge on any atom is -0.481 e. The van der Waals surface area contributed by atoms with Gasteiger partial charge in [-0.05, 0) is 6.92 Å². The number of methoxy groups -OCH3 is 1. The van der Waals surface area contributed by atoms with Crippen LogP contribution in [0.15, 0.2) is 17.6 Å². The minimum absolute atomic E-state index is 0.0149. The average molecular weight is 292 g/mol. The van der Waals surface area contributed by atoms with E-state index in [1.165, 1.54) is 0 Å². The van der Waals surface area contributed by atoms with E-state index in [1.807, 2.05) is 18.4 Å². The van der Waals surface area contributed by atoms with E-state index in [2.05, 4.69) is 19.9 Å². The number of nitrogens with zero attached hydrogens (tertiary/aromatic N) is 4. The lowest BCUT2D eigenvalue weighted by Crippen LogP contribution is -2.39. The van der Waals surface area contributed by atoms with E-state index in [-0.39, 0.29) is 6.10 Å². The highest BCUT2D eigenvalue weighted by Crippen LogP contribution is 2.26. The second-order valence-electron chi connectivity index (χ2n) is 4.53. The maximum absolute atomic E-state index is 5.78. The van der Waals surface area contributed by atoms with Gasteiger partial charge in [-0.2, -0.15) is 4.98 Å². The van der Waals surface area contributed by atoms with Gasteiger partial charge in [-0.15, -0.1) is 11.3 Å². The van der Waals surface area contributed by atoms with Gasteiger partial charge in [0.2, 0.25) is 11.8 Å². The van der Waals surface area contributed by atoms with Crippen LogP contribution in [0.5, 0.6) is 5.88 Å². The molecular weight excluding hydrogens is 276 g/mol. The maximum atomic E-state index is 5.78. The van der Waals surface area contributed by atoms with Crippen LogP contribution in [-0.4, -0.2) is 41.8 Å². The fraction of sp³-hybridized carbons (Fsp3) is 0.462. The topological polar surface area (TPSA) is 60.4 Å². The summed E-state index contributed by atoms with van der Waals surface area (Å²) < 4.78 is 11.0. The molecule has 7 heteroatoms. The first kappa shape index (κ1) is 13.3. The van der Waals surface area contributed by atoms with Crippen LogP contribution in [0, 0.1) is 6.92 Å². The third kappa shape index (κ3) is 2.73. The number of anilines is 1. The molecule has 0 spiro atoms. The van der Waals surface area contributed by atoms with Crippen LogP contribution in [0.3, 0.4) is 0 Å². The highest BCUT2D eigenvalue weighted by molar-refractivity contribution is 7.09. The number of hydrogen-bond acceptors (Lipinski definition) is 7. The number of thiazole rings is 1. The third-order valence-electron chi connectivity index (χ3n) is 3.10. The lowest BCUT2D eigenvalue weighted by atomic mass is 10.3. The number of aryl methyl sites for hydroxylation is 1. The molecule has 1 fully saturated rings. The molecule has 20 heavy (non-hydrogen) atoms. The molecule has 106 valence electrons. The van der Waals surface area contributed by atoms with E-state index in [1.54, 1.807) is 24.6 Å². The lowest BCUT2D eigenvalue weighted by molar-refractivity contribution is 0.0390. The van der Waals surface area contributed by atoms with E-state index in [0.717, 1.165) is 17.2 Å². The zero-order chi connectivity index (χ0) is 13.9. The van der Waals surface area contributed by atoms with Gasteiger partial charge in [0.05, 0.1) is 20.3 Å². The quantitative estimate of drug-likeness (QED) is 0.860. The highest BCUT2D eigenvalue weighted by Gasteiger charge is 2.25. The SMILES string of the molecule is COc1cc(C)nc(N2CCO[C@H](c3nccs3)C2)n1. The Morgan fingerprint density at radius 2 is 2.35 bits per heavy atom. The Balaban J connectivity index is 1.81. The fourth-order valence-corrected chi connectivity index (χ4v) is 2.82. The van der Waals surface area contributed by atoms with Crippen molar-refractivity contribution in [3.8, 4) is 5.88 Å². The van der Waals surface area contributed by atoms with Crippen LogP contribution < -0.4 is 9.64 Å². The summed E-state index contributed by atoms with van der Waals surface area (Å²) >= 11 is 1.61. The first-order valence-electron chi connectivity index (χ1n) is 6.42. The number of hydrogen-bond donors (Lipinski definition) is 0. The van der Waals surface area contributed by atoms with Crippen molar-refractivity contribution in [3.63, 3.8) is 0 Å². The van der Waals surface area contributed by atoms with Crippen molar-refractivity contribution in [2.45, 2.75) is 13.0 Å². The summed E-state index contributed by atoms with van der Waals surface area (Å²) in [6.45, 7) is 4.06. The molecule has 1 aliphatic rings. The number of morpholine rings is 1. The first-order valence-corrected chi connectivity index (χ1v) is 7.30. The standard InChI is InChI=1S/C13H16N4O2S/c1-9-7-11(18-2)16-13(15-9)17-4-5-19-10(8-17)12-14-3-6-20-12/h3,6-7,10H,4-5,8H2,1-2H3/t10-/m0/s1. The summed E-state index contributed by atoms with van der Waals surface area (Å²) in [4.78, 5) is 15.3. The molecular formula is C13H16N4O2S. The van der Waals surface area contributed by atoms with Crippen LogP contribution in [0.25, 0.3) is 0 Å². The molecule has 1 aliphatic heterocycles. The highest BCUT2D eigenvalue weighted by atomic mass is 32.1. The van der Waals surface area contributed by atoms with Crippen molar-refractivity contribution in [2.24, 2.45) is 0 Å². The van der Waals surface area contributed by atoms with Crippen LogP contribution in [-0.2, 0) is 4.74 Å². The van der Waals surface area contributed by atoms with Gasteiger partial charge in [-0.3, -0.25) is 0 Å². The van der Waals surface area contributed by atoms with E-state index >= 15 is 0 Å². The average Bonchev–Trinajstić information content (AvgIpc) is 3.01. The molecule has 0 aliphatic carbocycles. The summed E-state index contributed by atoms with van der Waals surface area (Å²) in [5, 5.41) is 2.96. The van der Waals surface area contributed by atoms with Crippen molar-refractivity contribution in [2.75, 3.05) is 31.7 Å². The number of ether oxygens (including phenoxy) is 2. The van der Waals surface area contributed by atoms with Gasteiger partial charge in [0.15, 0.2) is 0 Å². The smallest absolute Gasteiger partial charge is 0.229 e. The van der Waals surface area contributed by atoms with E-state index in [0.29, 0.717) is 25.0 Å². The molecule has 3 rings (SSSR count). The Labute approximate surface area is 121 Å². The second-order valence-corrected chi connectivity index (χ2v) is 5.45. The molecule has 0 aromatic carbocycles. The zero-order valence-electron chi connectivity index (χ0n) is 11.4. The summed E-state index contributed by atoms with van der Waals surface area (Å²) in [5.41, 5.74) is 0.893. The molecule has 0 radical (unpaired) electrons. The van der Waals surface area contributed by atoms with Crippen molar-refractivity contribution in [1.29, 1.82) is 0 Å². The molecule has 1 saturated heterocycles. The van der Waals surface area contributed by atoms with Crippen LogP contribution in [0.2, 0.25) is 0 Å². The van der Waals surface area contributed by atoms with Gasteiger partial charge < -0.3 is 14.4 Å². The van der Waals surface area contributed by atoms with E-state index in [4.69, 9.17) is 9.47 Å². The normalized spacial score (nSPS) is 19.1. The van der Waals surface area contributed by atoms with Gasteiger partial charge in [-0.1, -0.05) is 0 Å². The summed E-state index contributed by atoms with van der Waals surface area (Å²) in [5.74, 6) is 1.27. The first-order chi connectivity index (χ1) is 9.76. The molecule has 0 bridgehead atoms. The number of rotatable bonds is 3. The van der Waals surface area contributed by atoms with Gasteiger partial charge in [0.25, 0.3) is 0 Å². The van der Waals surface area contributed by atoms with Crippen LogP contribution >= 0.6 is 11.3 Å². The molecule has 6 nitrogen and oxygen atoms in total. The fourth-order valence-electron chi connectivity index (χ4n) is 2.14. The predicted octanol–water partition coefficient (Wildman–Crippen LogP) is 1.83. The Morgan fingerprint density at radius 3 is 3.10 bits per heavy atom. The second kappa shape index (κ2) is 5.72. The van der Waals surface area contributed by atoms with Crippen LogP contribution in [0.4, 0.5) is 5.95 Å².